The first-order valence-corrected chi connectivity index (χ1v) is 15.2. The molecule has 1 heterocycles. The quantitative estimate of drug-likeness (QED) is 0.132. The van der Waals surface area contributed by atoms with E-state index in [9.17, 15) is 4.79 Å². The number of unbranched alkanes of at least 4 members (excludes halogenated alkanes) is 3. The number of carbonyl (C=O) groups excluding carboxylic acids is 1. The van der Waals surface area contributed by atoms with Crippen LogP contribution in [0.5, 0.6) is 23.0 Å². The first-order chi connectivity index (χ1) is 20.9. The van der Waals surface area contributed by atoms with Crippen molar-refractivity contribution in [3.05, 3.63) is 77.6 Å². The number of methoxy groups -OCH3 is 3. The number of hydrogen-bond acceptors (Lipinski definition) is 6. The first-order valence-electron chi connectivity index (χ1n) is 15.2. The molecule has 1 amide bonds. The predicted octanol–water partition coefficient (Wildman–Crippen LogP) is 7.19. The van der Waals surface area contributed by atoms with E-state index in [-0.39, 0.29) is 5.91 Å². The molecule has 230 valence electrons. The van der Waals surface area contributed by atoms with E-state index in [1.54, 1.807) is 19.2 Å². The molecule has 8 nitrogen and oxygen atoms in total. The fourth-order valence-electron chi connectivity index (χ4n) is 5.18. The average molecular weight is 588 g/mol. The Morgan fingerprint density at radius 3 is 2.26 bits per heavy atom. The molecular weight excluding hydrogens is 542 g/mol. The summed E-state index contributed by atoms with van der Waals surface area (Å²) in [5.41, 5.74) is 4.02. The fraction of sp³-hybridized carbons (Fsp3) is 0.429. The minimum absolute atomic E-state index is 0.169. The van der Waals surface area contributed by atoms with Gasteiger partial charge >= 0.3 is 0 Å². The van der Waals surface area contributed by atoms with Gasteiger partial charge in [-0.3, -0.25) is 4.79 Å². The van der Waals surface area contributed by atoms with Crippen LogP contribution >= 0.6 is 0 Å². The molecule has 0 radical (unpaired) electrons. The second kappa shape index (κ2) is 15.9. The van der Waals surface area contributed by atoms with Crippen LogP contribution in [0.1, 0.15) is 73.6 Å². The molecule has 43 heavy (non-hydrogen) atoms. The second-order valence-electron chi connectivity index (χ2n) is 10.9. The standard InChI is InChI=1S/C35H45N3O5/c1-25(2)26-16-18-28(19-17-26)43-22-12-11-21-38-30-14-9-8-13-29(30)37-33(38)15-7-6-10-20-36-35(39)27-23-31(40-3)34(42-5)32(24-27)41-4/h8-9,13-14,16-19,23-25H,6-7,10-12,15,20-22H2,1-5H3,(H,36,39). The number of aromatic nitrogens is 2. The van der Waals surface area contributed by atoms with Gasteiger partial charge in [0.15, 0.2) is 11.5 Å². The molecule has 0 saturated carbocycles. The lowest BCUT2D eigenvalue weighted by Crippen LogP contribution is -2.24. The van der Waals surface area contributed by atoms with E-state index in [0.717, 1.165) is 62.2 Å². The van der Waals surface area contributed by atoms with Gasteiger partial charge in [0.1, 0.15) is 11.6 Å². The largest absolute Gasteiger partial charge is 0.494 e. The zero-order chi connectivity index (χ0) is 30.6. The van der Waals surface area contributed by atoms with Crippen LogP contribution in [-0.2, 0) is 13.0 Å². The van der Waals surface area contributed by atoms with Crippen molar-refractivity contribution in [2.24, 2.45) is 0 Å². The zero-order valence-electron chi connectivity index (χ0n) is 26.2. The van der Waals surface area contributed by atoms with Gasteiger partial charge in [-0.1, -0.05) is 44.5 Å². The van der Waals surface area contributed by atoms with E-state index in [1.165, 1.54) is 25.3 Å². The van der Waals surface area contributed by atoms with Gasteiger partial charge in [-0.2, -0.15) is 0 Å². The molecule has 4 aromatic rings. The molecule has 1 aromatic heterocycles. The number of ether oxygens (including phenoxy) is 4. The molecule has 0 spiro atoms. The minimum Gasteiger partial charge on any atom is -0.494 e. The number of aryl methyl sites for hydroxylation is 2. The van der Waals surface area contributed by atoms with Crippen molar-refractivity contribution in [1.82, 2.24) is 14.9 Å². The summed E-state index contributed by atoms with van der Waals surface area (Å²) in [6.45, 7) is 6.60. The summed E-state index contributed by atoms with van der Waals surface area (Å²) in [4.78, 5) is 17.7. The molecule has 0 saturated heterocycles. The van der Waals surface area contributed by atoms with Gasteiger partial charge in [0, 0.05) is 25.1 Å². The van der Waals surface area contributed by atoms with Crippen LogP contribution in [0.2, 0.25) is 0 Å². The van der Waals surface area contributed by atoms with Gasteiger partial charge in [0.2, 0.25) is 5.75 Å². The Labute approximate surface area is 255 Å². The maximum Gasteiger partial charge on any atom is 0.251 e. The topological polar surface area (TPSA) is 83.8 Å². The molecule has 0 fully saturated rings. The van der Waals surface area contributed by atoms with E-state index in [4.69, 9.17) is 23.9 Å². The van der Waals surface area contributed by atoms with E-state index >= 15 is 0 Å². The van der Waals surface area contributed by atoms with Crippen molar-refractivity contribution in [2.75, 3.05) is 34.5 Å². The minimum atomic E-state index is -0.169. The van der Waals surface area contributed by atoms with E-state index in [1.807, 2.05) is 6.07 Å². The molecule has 4 rings (SSSR count). The molecule has 0 aliphatic carbocycles. The molecule has 0 bridgehead atoms. The van der Waals surface area contributed by atoms with Crippen LogP contribution in [0.4, 0.5) is 0 Å². The summed E-state index contributed by atoms with van der Waals surface area (Å²) in [7, 11) is 4.62. The summed E-state index contributed by atoms with van der Waals surface area (Å²) in [6, 6.07) is 20.1. The van der Waals surface area contributed by atoms with Crippen LogP contribution in [0.3, 0.4) is 0 Å². The van der Waals surface area contributed by atoms with Crippen LogP contribution in [-0.4, -0.2) is 49.9 Å². The highest BCUT2D eigenvalue weighted by Gasteiger charge is 2.17. The number of nitrogens with zero attached hydrogens (tertiary/aromatic N) is 2. The van der Waals surface area contributed by atoms with Gasteiger partial charge in [0.05, 0.1) is 39.0 Å². The normalized spacial score (nSPS) is 11.1. The second-order valence-corrected chi connectivity index (χ2v) is 10.9. The monoisotopic (exact) mass is 587 g/mol. The van der Waals surface area contributed by atoms with E-state index < -0.39 is 0 Å². The highest BCUT2D eigenvalue weighted by atomic mass is 16.5. The lowest BCUT2D eigenvalue weighted by Gasteiger charge is -2.14. The molecule has 0 unspecified atom stereocenters. The zero-order valence-corrected chi connectivity index (χ0v) is 26.2. The Morgan fingerprint density at radius 2 is 1.58 bits per heavy atom. The molecule has 0 atom stereocenters. The van der Waals surface area contributed by atoms with Crippen molar-refractivity contribution in [1.29, 1.82) is 0 Å². The Morgan fingerprint density at radius 1 is 0.860 bits per heavy atom. The van der Waals surface area contributed by atoms with Crippen molar-refractivity contribution in [2.45, 2.75) is 64.8 Å². The lowest BCUT2D eigenvalue weighted by molar-refractivity contribution is 0.0952. The molecule has 1 N–H and O–H groups in total. The van der Waals surface area contributed by atoms with Crippen molar-refractivity contribution in [3.63, 3.8) is 0 Å². The number of rotatable bonds is 17. The van der Waals surface area contributed by atoms with Gasteiger partial charge in [-0.15, -0.1) is 0 Å². The average Bonchev–Trinajstić information content (AvgIpc) is 3.38. The van der Waals surface area contributed by atoms with Gasteiger partial charge in [0.25, 0.3) is 5.91 Å². The van der Waals surface area contributed by atoms with E-state index in [2.05, 4.69) is 66.2 Å². The molecular formula is C35H45N3O5. The third kappa shape index (κ3) is 8.43. The van der Waals surface area contributed by atoms with E-state index in [0.29, 0.717) is 41.9 Å². The number of para-hydroxylation sites is 2. The van der Waals surface area contributed by atoms with Crippen molar-refractivity contribution in [3.8, 4) is 23.0 Å². The number of imidazole rings is 1. The maximum absolute atomic E-state index is 12.8. The number of hydrogen-bond donors (Lipinski definition) is 1. The number of carbonyl (C=O) groups is 1. The SMILES string of the molecule is COc1cc(C(=O)NCCCCCc2nc3ccccc3n2CCCCOc2ccc(C(C)C)cc2)cc(OC)c1OC. The Balaban J connectivity index is 1.23. The van der Waals surface area contributed by atoms with Crippen LogP contribution in [0.25, 0.3) is 11.0 Å². The molecule has 3 aromatic carbocycles. The summed E-state index contributed by atoms with van der Waals surface area (Å²) in [6.07, 6.45) is 5.76. The fourth-order valence-corrected chi connectivity index (χ4v) is 5.18. The van der Waals surface area contributed by atoms with Crippen molar-refractivity contribution < 1.29 is 23.7 Å². The van der Waals surface area contributed by atoms with Crippen LogP contribution in [0.15, 0.2) is 60.7 Å². The highest BCUT2D eigenvalue weighted by molar-refractivity contribution is 5.95. The Hall–Kier alpha value is -4.20. The lowest BCUT2D eigenvalue weighted by atomic mass is 10.0. The summed E-state index contributed by atoms with van der Waals surface area (Å²) < 4.78 is 24.4. The molecule has 0 aliphatic heterocycles. The maximum atomic E-state index is 12.8. The third-order valence-corrected chi connectivity index (χ3v) is 7.61. The summed E-state index contributed by atoms with van der Waals surface area (Å²) >= 11 is 0. The van der Waals surface area contributed by atoms with Gasteiger partial charge < -0.3 is 28.8 Å². The van der Waals surface area contributed by atoms with Crippen LogP contribution in [0, 0.1) is 0 Å². The molecule has 8 heteroatoms. The highest BCUT2D eigenvalue weighted by Crippen LogP contribution is 2.38. The number of fused-ring (bicyclic) bond motifs is 1. The summed E-state index contributed by atoms with van der Waals surface area (Å²) in [5.74, 6) is 3.78. The molecule has 0 aliphatic rings. The van der Waals surface area contributed by atoms with Crippen molar-refractivity contribution >= 4 is 16.9 Å². The summed E-state index contributed by atoms with van der Waals surface area (Å²) in [5, 5.41) is 3.01. The number of benzene rings is 3. The van der Waals surface area contributed by atoms with Crippen LogP contribution < -0.4 is 24.3 Å². The third-order valence-electron chi connectivity index (χ3n) is 7.61. The number of amides is 1. The first kappa shape index (κ1) is 31.7. The smallest absolute Gasteiger partial charge is 0.251 e. The number of nitrogens with one attached hydrogen (secondary N) is 1. The Kier molecular flexibility index (Phi) is 11.7. The predicted molar refractivity (Wildman–Crippen MR) is 171 cm³/mol. The van der Waals surface area contributed by atoms with Gasteiger partial charge in [-0.05, 0) is 73.6 Å². The Bertz CT molecular complexity index is 1440. The van der Waals surface area contributed by atoms with Gasteiger partial charge in [-0.25, -0.2) is 4.98 Å².